The molecule has 1 aliphatic rings. The molecule has 1 fully saturated rings. The standard InChI is InChI=1S/C15H24N2/c1-12-10-13(6-7-14(12)16)17-11-15(2)8-4-3-5-9-15/h6-7,10,17H,3-5,8-9,11,16H2,1-2H3. The van der Waals surface area contributed by atoms with Crippen molar-refractivity contribution in [3.05, 3.63) is 23.8 Å². The molecule has 1 aliphatic carbocycles. The predicted octanol–water partition coefficient (Wildman–Crippen LogP) is 3.96. The van der Waals surface area contributed by atoms with E-state index in [1.165, 1.54) is 37.8 Å². The lowest BCUT2D eigenvalue weighted by molar-refractivity contribution is 0.233. The Morgan fingerprint density at radius 3 is 2.59 bits per heavy atom. The van der Waals surface area contributed by atoms with E-state index in [2.05, 4.69) is 31.3 Å². The van der Waals surface area contributed by atoms with Crippen LogP contribution in [0.1, 0.15) is 44.6 Å². The van der Waals surface area contributed by atoms with Gasteiger partial charge in [-0.2, -0.15) is 0 Å². The highest BCUT2D eigenvalue weighted by Crippen LogP contribution is 2.35. The minimum atomic E-state index is 0.480. The quantitative estimate of drug-likeness (QED) is 0.774. The number of anilines is 2. The maximum absolute atomic E-state index is 5.83. The molecule has 2 heteroatoms. The monoisotopic (exact) mass is 232 g/mol. The summed E-state index contributed by atoms with van der Waals surface area (Å²) in [7, 11) is 0. The third-order valence-corrected chi connectivity index (χ3v) is 4.05. The van der Waals surface area contributed by atoms with Crippen LogP contribution >= 0.6 is 0 Å². The SMILES string of the molecule is Cc1cc(NCC2(C)CCCCC2)ccc1N. The number of nitrogen functional groups attached to an aromatic ring is 1. The van der Waals surface area contributed by atoms with Crippen LogP contribution in [0, 0.1) is 12.3 Å². The molecule has 17 heavy (non-hydrogen) atoms. The third-order valence-electron chi connectivity index (χ3n) is 4.05. The Hall–Kier alpha value is -1.18. The van der Waals surface area contributed by atoms with E-state index in [-0.39, 0.29) is 0 Å². The summed E-state index contributed by atoms with van der Waals surface area (Å²) >= 11 is 0. The van der Waals surface area contributed by atoms with Gasteiger partial charge in [-0.15, -0.1) is 0 Å². The normalized spacial score (nSPS) is 18.9. The first kappa shape index (κ1) is 12.3. The fourth-order valence-corrected chi connectivity index (χ4v) is 2.68. The van der Waals surface area contributed by atoms with Gasteiger partial charge in [0.1, 0.15) is 0 Å². The number of hydrogen-bond acceptors (Lipinski definition) is 2. The van der Waals surface area contributed by atoms with Crippen LogP contribution in [-0.2, 0) is 0 Å². The zero-order valence-electron chi connectivity index (χ0n) is 11.1. The van der Waals surface area contributed by atoms with Gasteiger partial charge in [-0.1, -0.05) is 26.2 Å². The second kappa shape index (κ2) is 4.99. The van der Waals surface area contributed by atoms with E-state index in [9.17, 15) is 0 Å². The fourth-order valence-electron chi connectivity index (χ4n) is 2.68. The first-order chi connectivity index (χ1) is 8.09. The molecule has 0 aromatic heterocycles. The average molecular weight is 232 g/mol. The van der Waals surface area contributed by atoms with Crippen LogP contribution in [0.2, 0.25) is 0 Å². The van der Waals surface area contributed by atoms with E-state index in [1.807, 2.05) is 6.07 Å². The molecule has 1 aromatic rings. The van der Waals surface area contributed by atoms with Crippen LogP contribution in [0.5, 0.6) is 0 Å². The Morgan fingerprint density at radius 1 is 1.24 bits per heavy atom. The molecule has 0 saturated heterocycles. The Balaban J connectivity index is 1.94. The van der Waals surface area contributed by atoms with Gasteiger partial charge in [-0.05, 0) is 48.9 Å². The molecule has 3 N–H and O–H groups in total. The number of nitrogens with one attached hydrogen (secondary N) is 1. The Labute approximate surface area is 105 Å². The van der Waals surface area contributed by atoms with Crippen molar-refractivity contribution in [2.75, 3.05) is 17.6 Å². The van der Waals surface area contributed by atoms with Gasteiger partial charge >= 0.3 is 0 Å². The number of benzene rings is 1. The van der Waals surface area contributed by atoms with Crippen molar-refractivity contribution in [1.82, 2.24) is 0 Å². The summed E-state index contributed by atoms with van der Waals surface area (Å²) in [5.41, 5.74) is 9.53. The molecular formula is C15H24N2. The Morgan fingerprint density at radius 2 is 1.94 bits per heavy atom. The van der Waals surface area contributed by atoms with Crippen LogP contribution in [0.15, 0.2) is 18.2 Å². The van der Waals surface area contributed by atoms with Crippen molar-refractivity contribution in [2.45, 2.75) is 46.0 Å². The van der Waals surface area contributed by atoms with Crippen molar-refractivity contribution < 1.29 is 0 Å². The molecule has 0 spiro atoms. The van der Waals surface area contributed by atoms with Gasteiger partial charge in [0, 0.05) is 17.9 Å². The summed E-state index contributed by atoms with van der Waals surface area (Å²) in [6, 6.07) is 6.21. The van der Waals surface area contributed by atoms with E-state index in [1.54, 1.807) is 0 Å². The maximum atomic E-state index is 5.83. The van der Waals surface area contributed by atoms with Crippen molar-refractivity contribution in [2.24, 2.45) is 5.41 Å². The number of nitrogens with two attached hydrogens (primary N) is 1. The molecule has 0 bridgehead atoms. The molecular weight excluding hydrogens is 208 g/mol. The minimum Gasteiger partial charge on any atom is -0.399 e. The molecule has 0 unspecified atom stereocenters. The Kier molecular flexibility index (Phi) is 3.60. The number of rotatable bonds is 3. The smallest absolute Gasteiger partial charge is 0.0345 e. The summed E-state index contributed by atoms with van der Waals surface area (Å²) in [4.78, 5) is 0. The van der Waals surface area contributed by atoms with Gasteiger partial charge in [-0.3, -0.25) is 0 Å². The summed E-state index contributed by atoms with van der Waals surface area (Å²) in [5, 5.41) is 3.57. The minimum absolute atomic E-state index is 0.480. The molecule has 0 radical (unpaired) electrons. The van der Waals surface area contributed by atoms with Crippen LogP contribution < -0.4 is 11.1 Å². The molecule has 0 aliphatic heterocycles. The summed E-state index contributed by atoms with van der Waals surface area (Å²) in [6.45, 7) is 5.54. The van der Waals surface area contributed by atoms with E-state index >= 15 is 0 Å². The molecule has 1 aromatic carbocycles. The van der Waals surface area contributed by atoms with Crippen molar-refractivity contribution >= 4 is 11.4 Å². The molecule has 94 valence electrons. The van der Waals surface area contributed by atoms with Crippen LogP contribution in [0.4, 0.5) is 11.4 Å². The average Bonchev–Trinajstić information content (AvgIpc) is 2.32. The summed E-state index contributed by atoms with van der Waals surface area (Å²) in [5.74, 6) is 0. The highest BCUT2D eigenvalue weighted by Gasteiger charge is 2.26. The van der Waals surface area contributed by atoms with Crippen molar-refractivity contribution in [1.29, 1.82) is 0 Å². The first-order valence-corrected chi connectivity index (χ1v) is 6.69. The fraction of sp³-hybridized carbons (Fsp3) is 0.600. The van der Waals surface area contributed by atoms with E-state index < -0.39 is 0 Å². The predicted molar refractivity (Wildman–Crippen MR) is 75.3 cm³/mol. The highest BCUT2D eigenvalue weighted by molar-refractivity contribution is 5.56. The maximum Gasteiger partial charge on any atom is 0.0345 e. The van der Waals surface area contributed by atoms with Gasteiger partial charge in [0.15, 0.2) is 0 Å². The molecule has 2 rings (SSSR count). The number of aryl methyl sites for hydroxylation is 1. The molecule has 0 heterocycles. The molecule has 0 amide bonds. The van der Waals surface area contributed by atoms with E-state index in [0.717, 1.165) is 17.8 Å². The van der Waals surface area contributed by atoms with Gasteiger partial charge in [0.25, 0.3) is 0 Å². The van der Waals surface area contributed by atoms with E-state index in [0.29, 0.717) is 5.41 Å². The molecule has 2 nitrogen and oxygen atoms in total. The third kappa shape index (κ3) is 3.15. The lowest BCUT2D eigenvalue weighted by Gasteiger charge is -2.34. The van der Waals surface area contributed by atoms with Crippen molar-refractivity contribution in [3.8, 4) is 0 Å². The molecule has 1 saturated carbocycles. The second-order valence-corrected chi connectivity index (χ2v) is 5.80. The van der Waals surface area contributed by atoms with Gasteiger partial charge in [-0.25, -0.2) is 0 Å². The molecule has 0 atom stereocenters. The van der Waals surface area contributed by atoms with Crippen LogP contribution in [0.25, 0.3) is 0 Å². The van der Waals surface area contributed by atoms with E-state index in [4.69, 9.17) is 5.73 Å². The summed E-state index contributed by atoms with van der Waals surface area (Å²) < 4.78 is 0. The second-order valence-electron chi connectivity index (χ2n) is 5.80. The van der Waals surface area contributed by atoms with Crippen LogP contribution in [0.3, 0.4) is 0 Å². The largest absolute Gasteiger partial charge is 0.399 e. The number of hydrogen-bond donors (Lipinski definition) is 2. The lowest BCUT2D eigenvalue weighted by atomic mass is 9.76. The first-order valence-electron chi connectivity index (χ1n) is 6.69. The Bertz CT molecular complexity index is 379. The topological polar surface area (TPSA) is 38.0 Å². The highest BCUT2D eigenvalue weighted by atomic mass is 14.9. The zero-order valence-corrected chi connectivity index (χ0v) is 11.1. The van der Waals surface area contributed by atoms with Crippen molar-refractivity contribution in [3.63, 3.8) is 0 Å². The zero-order chi connectivity index (χ0) is 12.3. The van der Waals surface area contributed by atoms with Crippen LogP contribution in [-0.4, -0.2) is 6.54 Å². The lowest BCUT2D eigenvalue weighted by Crippen LogP contribution is -2.28. The van der Waals surface area contributed by atoms with Gasteiger partial charge in [0.05, 0.1) is 0 Å². The summed E-state index contributed by atoms with van der Waals surface area (Å²) in [6.07, 6.45) is 6.90. The van der Waals surface area contributed by atoms with Gasteiger partial charge < -0.3 is 11.1 Å². The van der Waals surface area contributed by atoms with Gasteiger partial charge in [0.2, 0.25) is 0 Å².